The Hall–Kier alpha value is -6.98. The first-order valence-electron chi connectivity index (χ1n) is 26.0. The van der Waals surface area contributed by atoms with Gasteiger partial charge in [-0.1, -0.05) is 166 Å². The zero-order valence-corrected chi connectivity index (χ0v) is 42.8. The predicted molar refractivity (Wildman–Crippen MR) is 298 cm³/mol. The highest BCUT2D eigenvalue weighted by molar-refractivity contribution is 6.94. The molecule has 10 aromatic rings. The molecule has 0 N–H and O–H groups in total. The highest BCUT2D eigenvalue weighted by atomic mass is 16.5. The second-order valence-corrected chi connectivity index (χ2v) is 24.7. The second-order valence-electron chi connectivity index (χ2n) is 24.7. The number of aromatic nitrogens is 1. The van der Waals surface area contributed by atoms with Gasteiger partial charge in [-0.3, -0.25) is 0 Å². The second kappa shape index (κ2) is 14.3. The number of anilines is 2. The molecule has 4 nitrogen and oxygen atoms in total. The maximum atomic E-state index is 7.40. The van der Waals surface area contributed by atoms with Gasteiger partial charge < -0.3 is 18.5 Å². The van der Waals surface area contributed by atoms with Crippen molar-refractivity contribution in [2.24, 2.45) is 0 Å². The van der Waals surface area contributed by atoms with Crippen LogP contribution in [0.1, 0.15) is 133 Å². The summed E-state index contributed by atoms with van der Waals surface area (Å²) in [6.45, 7) is 23.5. The van der Waals surface area contributed by atoms with Crippen molar-refractivity contribution in [3.63, 3.8) is 0 Å². The number of hydrogen-bond donors (Lipinski definition) is 0. The number of nitrogens with zero attached hydrogens (tertiary/aromatic N) is 2. The summed E-state index contributed by atoms with van der Waals surface area (Å²) in [5.41, 5.74) is 22.1. The lowest BCUT2D eigenvalue weighted by molar-refractivity contribution is 0.222. The molecule has 0 amide bonds. The maximum absolute atomic E-state index is 7.40. The van der Waals surface area contributed by atoms with Gasteiger partial charge in [-0.15, -0.1) is 0 Å². The summed E-state index contributed by atoms with van der Waals surface area (Å²) in [6, 6.07) is 57.6. The topological polar surface area (TPSA) is 30.5 Å². The molecule has 2 unspecified atom stereocenters. The molecule has 2 atom stereocenters. The number of ether oxygens (including phenoxy) is 1. The Morgan fingerprint density at radius 1 is 0.592 bits per heavy atom. The van der Waals surface area contributed by atoms with Crippen molar-refractivity contribution in [3.8, 4) is 22.6 Å². The molecule has 71 heavy (non-hydrogen) atoms. The number of rotatable bonds is 3. The van der Waals surface area contributed by atoms with Crippen LogP contribution in [0.25, 0.3) is 60.6 Å². The first kappa shape index (κ1) is 42.9. The summed E-state index contributed by atoms with van der Waals surface area (Å²) < 4.78 is 17.5. The minimum absolute atomic E-state index is 0.00869. The Morgan fingerprint density at radius 2 is 1.23 bits per heavy atom. The van der Waals surface area contributed by atoms with Crippen molar-refractivity contribution >= 4 is 72.9 Å². The van der Waals surface area contributed by atoms with E-state index < -0.39 is 0 Å². The molecule has 2 aromatic heterocycles. The third kappa shape index (κ3) is 5.99. The van der Waals surface area contributed by atoms with Gasteiger partial charge in [0.2, 0.25) is 0 Å². The molecular weight excluding hydrogens is 864 g/mol. The van der Waals surface area contributed by atoms with Crippen LogP contribution < -0.4 is 20.5 Å². The van der Waals surface area contributed by atoms with Crippen LogP contribution in [0.5, 0.6) is 5.75 Å². The van der Waals surface area contributed by atoms with Crippen LogP contribution in [0.4, 0.5) is 11.4 Å². The van der Waals surface area contributed by atoms with Crippen LogP contribution in [0.3, 0.4) is 0 Å². The average Bonchev–Trinajstić information content (AvgIpc) is 4.05. The molecule has 5 heterocycles. The van der Waals surface area contributed by atoms with Gasteiger partial charge in [-0.25, -0.2) is 0 Å². The smallest absolute Gasteiger partial charge is 0.333 e. The summed E-state index contributed by atoms with van der Waals surface area (Å²) in [5.74, 6) is 0.941. The lowest BCUT2D eigenvalue weighted by Gasteiger charge is -2.43. The molecule has 0 radical (unpaired) electrons. The van der Waals surface area contributed by atoms with E-state index in [0.717, 1.165) is 40.8 Å². The van der Waals surface area contributed by atoms with E-state index in [1.807, 2.05) is 0 Å². The number of fused-ring (bicyclic) bond motifs is 15. The molecule has 8 aromatic carbocycles. The molecule has 5 heteroatoms. The van der Waals surface area contributed by atoms with Gasteiger partial charge in [0, 0.05) is 55.3 Å². The Kier molecular flexibility index (Phi) is 8.66. The molecule has 14 rings (SSSR count). The van der Waals surface area contributed by atoms with Gasteiger partial charge in [-0.05, 0) is 133 Å². The van der Waals surface area contributed by atoms with Crippen LogP contribution in [-0.2, 0) is 21.7 Å². The summed E-state index contributed by atoms with van der Waals surface area (Å²) >= 11 is 0. The molecule has 0 saturated carbocycles. The molecular formula is C66H61BN2O2. The van der Waals surface area contributed by atoms with Crippen LogP contribution in [0.15, 0.2) is 156 Å². The zero-order valence-electron chi connectivity index (χ0n) is 42.8. The van der Waals surface area contributed by atoms with Gasteiger partial charge >= 0.3 is 6.85 Å². The van der Waals surface area contributed by atoms with E-state index >= 15 is 0 Å². The van der Waals surface area contributed by atoms with Crippen LogP contribution in [0.2, 0.25) is 0 Å². The Labute approximate surface area is 418 Å². The molecule has 4 aliphatic rings. The normalized spacial score (nSPS) is 18.5. The number of para-hydroxylation sites is 1. The van der Waals surface area contributed by atoms with Gasteiger partial charge in [0.1, 0.15) is 23.0 Å². The third-order valence-electron chi connectivity index (χ3n) is 17.3. The maximum Gasteiger partial charge on any atom is 0.333 e. The minimum atomic E-state index is -0.215. The van der Waals surface area contributed by atoms with E-state index in [0.29, 0.717) is 0 Å². The van der Waals surface area contributed by atoms with Gasteiger partial charge in [0.15, 0.2) is 0 Å². The Morgan fingerprint density at radius 3 is 1.92 bits per heavy atom. The molecule has 3 aliphatic heterocycles. The summed E-state index contributed by atoms with van der Waals surface area (Å²) in [4.78, 5) is 2.66. The molecule has 0 spiro atoms. The lowest BCUT2D eigenvalue weighted by Crippen LogP contribution is -2.60. The van der Waals surface area contributed by atoms with Crippen LogP contribution in [0, 0.1) is 0 Å². The van der Waals surface area contributed by atoms with E-state index in [-0.39, 0.29) is 40.5 Å². The van der Waals surface area contributed by atoms with E-state index in [1.165, 1.54) is 99.6 Å². The largest absolute Gasteiger partial charge is 0.484 e. The number of hydrogen-bond acceptors (Lipinski definition) is 3. The number of benzene rings is 8. The summed E-state index contributed by atoms with van der Waals surface area (Å²) in [7, 11) is 0. The van der Waals surface area contributed by atoms with Crippen molar-refractivity contribution in [2.75, 3.05) is 4.81 Å². The quantitative estimate of drug-likeness (QED) is 0.165. The fraction of sp³-hybridized carbons (Fsp3) is 0.273. The molecule has 0 saturated heterocycles. The summed E-state index contributed by atoms with van der Waals surface area (Å²) in [5, 5.41) is 4.95. The zero-order chi connectivity index (χ0) is 48.7. The lowest BCUT2D eigenvalue weighted by atomic mass is 9.43. The highest BCUT2D eigenvalue weighted by Gasteiger charge is 2.49. The predicted octanol–water partition coefficient (Wildman–Crippen LogP) is 16.1. The molecule has 0 fully saturated rings. The Balaban J connectivity index is 1.19. The van der Waals surface area contributed by atoms with Crippen molar-refractivity contribution in [3.05, 3.63) is 191 Å². The molecule has 350 valence electrons. The molecule has 0 bridgehead atoms. The minimum Gasteiger partial charge on any atom is -0.484 e. The Bertz CT molecular complexity index is 3880. The first-order valence-corrected chi connectivity index (χ1v) is 26.0. The third-order valence-corrected chi connectivity index (χ3v) is 17.3. The first-order chi connectivity index (χ1) is 34.0. The fourth-order valence-electron chi connectivity index (χ4n) is 13.4. The van der Waals surface area contributed by atoms with E-state index in [1.54, 1.807) is 0 Å². The monoisotopic (exact) mass is 924 g/mol. The van der Waals surface area contributed by atoms with Gasteiger partial charge in [0.05, 0.1) is 17.0 Å². The van der Waals surface area contributed by atoms with Crippen LogP contribution in [-0.4, -0.2) is 11.4 Å². The molecule has 1 aliphatic carbocycles. The van der Waals surface area contributed by atoms with Gasteiger partial charge in [-0.2, -0.15) is 0 Å². The van der Waals surface area contributed by atoms with Crippen molar-refractivity contribution in [1.82, 2.24) is 4.57 Å². The van der Waals surface area contributed by atoms with E-state index in [2.05, 4.69) is 230 Å². The summed E-state index contributed by atoms with van der Waals surface area (Å²) in [6.07, 6.45) is 2.10. The standard InChI is InChI=1S/C66H61BN2O2/c1-63(2,3)40-25-28-42(29-26-40)69-50-30-27-41(64(4,5)6)33-44(50)58-59-60-56(57-43-23-17-18-24-53(43)70-62(57)58)45-34-47-48(66(9,10)32-31-65(47,7)8)36-51(45)68(60)52-35-46-54(37-49(52)67(59)69)71-61(39-21-15-12-16-22-39)55(46)38-19-13-11-14-20-38/h11-30,33-37,55,61H,31-32H2,1-10H3. The fourth-order valence-corrected chi connectivity index (χ4v) is 13.4. The van der Waals surface area contributed by atoms with Crippen molar-refractivity contribution in [2.45, 2.75) is 116 Å². The highest BCUT2D eigenvalue weighted by Crippen LogP contribution is 2.56. The number of furan rings is 1. The van der Waals surface area contributed by atoms with E-state index in [9.17, 15) is 0 Å². The van der Waals surface area contributed by atoms with Crippen LogP contribution >= 0.6 is 0 Å². The van der Waals surface area contributed by atoms with E-state index in [4.69, 9.17) is 9.15 Å². The van der Waals surface area contributed by atoms with Gasteiger partial charge in [0.25, 0.3) is 0 Å². The SMILES string of the molecule is CC(C)(C)c1ccc(N2B3c4cc5c(cc4-n4c6cc7c(cc6c6c8c(oc9ccccc98)c(c3c64)-c3cc(C(C)(C)C)ccc32)C(C)(C)CCC7(C)C)C(c2ccccc2)C(c2ccccc2)O5)cc1. The average molecular weight is 925 g/mol. The van der Waals surface area contributed by atoms with Crippen molar-refractivity contribution < 1.29 is 9.15 Å². The van der Waals surface area contributed by atoms with Crippen molar-refractivity contribution in [1.29, 1.82) is 0 Å².